The number of nitrogens with one attached hydrogen (secondary N) is 1. The van der Waals surface area contributed by atoms with Gasteiger partial charge in [-0.3, -0.25) is 14.6 Å². The number of carbonyl (C=O) groups is 2. The number of rotatable bonds is 5. The molecule has 1 N–H and O–H groups in total. The summed E-state index contributed by atoms with van der Waals surface area (Å²) in [4.78, 5) is 31.4. The molecule has 1 aliphatic rings. The molecule has 0 aliphatic carbocycles. The molecule has 2 aromatic rings. The summed E-state index contributed by atoms with van der Waals surface area (Å²) in [5, 5.41) is -0.231. The van der Waals surface area contributed by atoms with Gasteiger partial charge in [-0.25, -0.2) is 4.39 Å². The molecule has 0 radical (unpaired) electrons. The zero-order valence-electron chi connectivity index (χ0n) is 14.3. The minimum absolute atomic E-state index is 0.0386. The van der Waals surface area contributed by atoms with Gasteiger partial charge >= 0.3 is 0 Å². The molecule has 3 rings (SSSR count). The molecule has 136 valence electrons. The summed E-state index contributed by atoms with van der Waals surface area (Å²) in [6, 6.07) is 4.01. The lowest BCUT2D eigenvalue weighted by atomic mass is 10.0. The second-order valence-electron chi connectivity index (χ2n) is 5.22. The smallest absolute Gasteiger partial charge is 0.199 e. The summed E-state index contributed by atoms with van der Waals surface area (Å²) in [7, 11) is 0. The number of hydrogen-bond acceptors (Lipinski definition) is 3. The SMILES string of the molecule is CC.O=C(CC1=CCN=C1)c1cc(C(=O)c2c(Cl)ccc(Cl)c2F)c[nH]1. The van der Waals surface area contributed by atoms with Gasteiger partial charge in [0, 0.05) is 24.4 Å². The quantitative estimate of drug-likeness (QED) is 0.552. The molecule has 26 heavy (non-hydrogen) atoms. The number of carbonyl (C=O) groups excluding carboxylic acids is 2. The van der Waals surface area contributed by atoms with Gasteiger partial charge in [0.05, 0.1) is 27.8 Å². The van der Waals surface area contributed by atoms with E-state index in [2.05, 4.69) is 9.98 Å². The predicted octanol–water partition coefficient (Wildman–Crippen LogP) is 5.30. The molecule has 2 heterocycles. The normalized spacial score (nSPS) is 12.4. The van der Waals surface area contributed by atoms with Gasteiger partial charge in [-0.1, -0.05) is 43.1 Å². The molecule has 7 heteroatoms. The van der Waals surface area contributed by atoms with E-state index in [1.165, 1.54) is 24.4 Å². The van der Waals surface area contributed by atoms with E-state index < -0.39 is 11.6 Å². The van der Waals surface area contributed by atoms with E-state index in [4.69, 9.17) is 23.2 Å². The Kier molecular flexibility index (Phi) is 6.89. The predicted molar refractivity (Wildman–Crippen MR) is 102 cm³/mol. The molecule has 1 aromatic carbocycles. The van der Waals surface area contributed by atoms with Gasteiger partial charge in [-0.2, -0.15) is 0 Å². The Morgan fingerprint density at radius 2 is 1.92 bits per heavy atom. The van der Waals surface area contributed by atoms with Gasteiger partial charge in [-0.15, -0.1) is 0 Å². The zero-order valence-corrected chi connectivity index (χ0v) is 15.8. The highest BCUT2D eigenvalue weighted by Gasteiger charge is 2.22. The van der Waals surface area contributed by atoms with Crippen LogP contribution in [0.5, 0.6) is 0 Å². The highest BCUT2D eigenvalue weighted by Crippen LogP contribution is 2.28. The summed E-state index contributed by atoms with van der Waals surface area (Å²) in [5.41, 5.74) is 0.910. The number of halogens is 3. The van der Waals surface area contributed by atoms with E-state index in [0.717, 1.165) is 5.57 Å². The van der Waals surface area contributed by atoms with Crippen molar-refractivity contribution < 1.29 is 14.0 Å². The number of allylic oxidation sites excluding steroid dienone is 1. The van der Waals surface area contributed by atoms with Crippen molar-refractivity contribution in [1.82, 2.24) is 4.98 Å². The van der Waals surface area contributed by atoms with E-state index in [1.54, 1.807) is 6.21 Å². The number of nitrogens with zero attached hydrogens (tertiary/aromatic N) is 1. The summed E-state index contributed by atoms with van der Waals surface area (Å²) < 4.78 is 14.1. The van der Waals surface area contributed by atoms with E-state index in [0.29, 0.717) is 6.54 Å². The van der Waals surface area contributed by atoms with Crippen LogP contribution in [0.2, 0.25) is 10.0 Å². The van der Waals surface area contributed by atoms with Crippen molar-refractivity contribution in [1.29, 1.82) is 0 Å². The number of H-pyrrole nitrogens is 1. The topological polar surface area (TPSA) is 62.3 Å². The van der Waals surface area contributed by atoms with Crippen molar-refractivity contribution in [2.75, 3.05) is 6.54 Å². The van der Waals surface area contributed by atoms with Crippen LogP contribution in [0.4, 0.5) is 4.39 Å². The Morgan fingerprint density at radius 3 is 2.58 bits per heavy atom. The maximum atomic E-state index is 14.1. The highest BCUT2D eigenvalue weighted by molar-refractivity contribution is 6.37. The molecular formula is C19H17Cl2FN2O2. The average Bonchev–Trinajstić information content (AvgIpc) is 3.32. The Bertz CT molecular complexity index is 901. The van der Waals surface area contributed by atoms with Gasteiger partial charge in [0.25, 0.3) is 0 Å². The number of Topliss-reactive ketones (excluding diaryl/α,β-unsaturated/α-hetero) is 1. The van der Waals surface area contributed by atoms with Crippen LogP contribution in [-0.2, 0) is 0 Å². The lowest BCUT2D eigenvalue weighted by Crippen LogP contribution is -2.05. The summed E-state index contributed by atoms with van der Waals surface area (Å²) in [5.74, 6) is -1.71. The molecule has 0 spiro atoms. The molecule has 0 bridgehead atoms. The maximum absolute atomic E-state index is 14.1. The van der Waals surface area contributed by atoms with E-state index in [1.807, 2.05) is 19.9 Å². The lowest BCUT2D eigenvalue weighted by molar-refractivity contribution is 0.0990. The standard InChI is InChI=1S/C17H11Cl2FN2O2.C2H6/c18-11-1-2-12(19)16(20)15(11)17(24)10-6-13(22-8-10)14(23)5-9-3-4-21-7-9;1-2/h1-3,6-8,22H,4-5H2;1-2H3. The van der Waals surface area contributed by atoms with Crippen molar-refractivity contribution >= 4 is 41.0 Å². The first-order valence-corrected chi connectivity index (χ1v) is 8.81. The minimum atomic E-state index is -0.879. The van der Waals surface area contributed by atoms with E-state index in [9.17, 15) is 14.0 Å². The first-order chi connectivity index (χ1) is 12.5. The third kappa shape index (κ3) is 4.29. The Hall–Kier alpha value is -2.24. The monoisotopic (exact) mass is 394 g/mol. The van der Waals surface area contributed by atoms with Crippen LogP contribution in [0.15, 0.2) is 41.0 Å². The molecular weight excluding hydrogens is 378 g/mol. The largest absolute Gasteiger partial charge is 0.358 e. The fourth-order valence-electron chi connectivity index (χ4n) is 2.36. The van der Waals surface area contributed by atoms with Crippen molar-refractivity contribution in [2.24, 2.45) is 4.99 Å². The second kappa shape index (κ2) is 8.92. The highest BCUT2D eigenvalue weighted by atomic mass is 35.5. The Labute approximate surface area is 160 Å². The molecule has 0 atom stereocenters. The van der Waals surface area contributed by atoms with Crippen molar-refractivity contribution in [2.45, 2.75) is 20.3 Å². The van der Waals surface area contributed by atoms with Crippen LogP contribution in [0, 0.1) is 5.82 Å². The van der Waals surface area contributed by atoms with Crippen molar-refractivity contribution in [3.8, 4) is 0 Å². The lowest BCUT2D eigenvalue weighted by Gasteiger charge is -2.05. The number of aromatic amines is 1. The van der Waals surface area contributed by atoms with Gasteiger partial charge in [0.2, 0.25) is 0 Å². The molecule has 1 aliphatic heterocycles. The van der Waals surface area contributed by atoms with Gasteiger partial charge in [0.15, 0.2) is 17.4 Å². The number of hydrogen-bond donors (Lipinski definition) is 1. The van der Waals surface area contributed by atoms with Crippen molar-refractivity contribution in [3.05, 3.63) is 68.7 Å². The number of aliphatic imine (C=N–C) groups is 1. The summed E-state index contributed by atoms with van der Waals surface area (Å²) in [6.45, 7) is 4.57. The number of benzene rings is 1. The molecule has 0 saturated heterocycles. The third-order valence-electron chi connectivity index (χ3n) is 3.60. The van der Waals surface area contributed by atoms with Crippen LogP contribution < -0.4 is 0 Å². The van der Waals surface area contributed by atoms with Crippen LogP contribution in [0.25, 0.3) is 0 Å². The van der Waals surface area contributed by atoms with E-state index in [-0.39, 0.29) is 39.1 Å². The average molecular weight is 395 g/mol. The molecule has 0 fully saturated rings. The van der Waals surface area contributed by atoms with Crippen LogP contribution >= 0.6 is 23.2 Å². The fourth-order valence-corrected chi connectivity index (χ4v) is 2.75. The summed E-state index contributed by atoms with van der Waals surface area (Å²) >= 11 is 11.6. The fraction of sp³-hybridized carbons (Fsp3) is 0.211. The van der Waals surface area contributed by atoms with Crippen LogP contribution in [-0.4, -0.2) is 29.3 Å². The molecule has 0 saturated carbocycles. The first-order valence-electron chi connectivity index (χ1n) is 8.06. The van der Waals surface area contributed by atoms with Crippen LogP contribution in [0.1, 0.15) is 46.7 Å². The maximum Gasteiger partial charge on any atom is 0.199 e. The minimum Gasteiger partial charge on any atom is -0.358 e. The molecule has 0 amide bonds. The van der Waals surface area contributed by atoms with Crippen LogP contribution in [0.3, 0.4) is 0 Å². The van der Waals surface area contributed by atoms with Gasteiger partial charge in [-0.05, 0) is 23.8 Å². The Morgan fingerprint density at radius 1 is 1.23 bits per heavy atom. The van der Waals surface area contributed by atoms with Gasteiger partial charge in [0.1, 0.15) is 0 Å². The molecule has 4 nitrogen and oxygen atoms in total. The second-order valence-corrected chi connectivity index (χ2v) is 6.04. The van der Waals surface area contributed by atoms with Gasteiger partial charge < -0.3 is 4.98 Å². The zero-order chi connectivity index (χ0) is 19.3. The molecule has 1 aromatic heterocycles. The first kappa shape index (κ1) is 20.1. The number of ketones is 2. The van der Waals surface area contributed by atoms with E-state index >= 15 is 0 Å². The molecule has 0 unspecified atom stereocenters. The number of aromatic nitrogens is 1. The third-order valence-corrected chi connectivity index (χ3v) is 4.20. The Balaban J connectivity index is 0.00000117. The summed E-state index contributed by atoms with van der Waals surface area (Å²) in [6.07, 6.45) is 5.04. The van der Waals surface area contributed by atoms with Crippen molar-refractivity contribution in [3.63, 3.8) is 0 Å².